The van der Waals surface area contributed by atoms with Crippen molar-refractivity contribution in [3.63, 3.8) is 0 Å². The van der Waals surface area contributed by atoms with E-state index in [1.165, 1.54) is 0 Å². The number of hydrogen-bond acceptors (Lipinski definition) is 8. The molecule has 0 spiro atoms. The number of carboxylic acid groups (broad SMARTS) is 4. The van der Waals surface area contributed by atoms with Gasteiger partial charge in [0, 0.05) is 24.8 Å². The summed E-state index contributed by atoms with van der Waals surface area (Å²) < 4.78 is 0. The molecule has 0 aromatic carbocycles. The minimum Gasteiger partial charge on any atom is -0.550 e. The molecule has 19 heavy (non-hydrogen) atoms. The first-order valence-corrected chi connectivity index (χ1v) is 4.11. The molecule has 0 aliphatic carbocycles. The topological polar surface area (TPSA) is 175 Å². The van der Waals surface area contributed by atoms with E-state index in [2.05, 4.69) is 0 Å². The van der Waals surface area contributed by atoms with Crippen molar-refractivity contribution in [2.24, 2.45) is 0 Å². The molecule has 0 bridgehead atoms. The van der Waals surface area contributed by atoms with Gasteiger partial charge in [-0.25, -0.2) is 4.79 Å². The summed E-state index contributed by atoms with van der Waals surface area (Å²) in [4.78, 5) is 45.6. The standard InChI is InChI=1S/C3H4O3.3C2H4O2.Cr/c1-2(4)3(5)6;3*1-2(3)4;/h1H3,(H,5,6);3*1H3,(H,3,4);/q;;;;+3/p-3. The molecule has 109 valence electrons. The summed E-state index contributed by atoms with van der Waals surface area (Å²) in [5, 5.41) is 34.3. The molecule has 9 nitrogen and oxygen atoms in total. The SMILES string of the molecule is CC(=O)C(=O)O.CC(=O)[O-].CC(=O)[O-].CC(=O)[O-].[Cr+3]. The Morgan fingerprint density at radius 2 is 0.737 bits per heavy atom. The molecule has 0 aromatic heterocycles. The molecule has 0 aliphatic heterocycles. The number of carbonyl (C=O) groups is 5. The number of carbonyl (C=O) groups excluding carboxylic acids is 4. The first-order chi connectivity index (χ1) is 7.84. The van der Waals surface area contributed by atoms with Gasteiger partial charge in [-0.15, -0.1) is 0 Å². The second kappa shape index (κ2) is 21.4. The Morgan fingerprint density at radius 3 is 0.737 bits per heavy atom. The maximum absolute atomic E-state index is 9.54. The van der Waals surface area contributed by atoms with Crippen molar-refractivity contribution < 1.29 is 61.8 Å². The summed E-state index contributed by atoms with van der Waals surface area (Å²) in [5.41, 5.74) is 0. The van der Waals surface area contributed by atoms with Gasteiger partial charge in [0.1, 0.15) is 0 Å². The molecule has 0 amide bonds. The van der Waals surface area contributed by atoms with Crippen LogP contribution in [0, 0.1) is 0 Å². The van der Waals surface area contributed by atoms with E-state index in [0.717, 1.165) is 27.7 Å². The maximum atomic E-state index is 9.54. The van der Waals surface area contributed by atoms with Crippen LogP contribution in [0.3, 0.4) is 0 Å². The minimum atomic E-state index is -1.38. The van der Waals surface area contributed by atoms with Gasteiger partial charge in [0.2, 0.25) is 5.78 Å². The number of carboxylic acids is 4. The molecule has 0 heterocycles. The molecular weight excluding hydrogens is 304 g/mol. The van der Waals surface area contributed by atoms with Crippen LogP contribution in [0.25, 0.3) is 0 Å². The third-order valence-corrected chi connectivity index (χ3v) is 0.301. The molecule has 1 radical (unpaired) electrons. The Kier molecular flexibility index (Phi) is 34.0. The normalized spacial score (nSPS) is 6.32. The summed E-state index contributed by atoms with van der Waals surface area (Å²) in [6.07, 6.45) is 0. The summed E-state index contributed by atoms with van der Waals surface area (Å²) in [5.74, 6) is -5.45. The van der Waals surface area contributed by atoms with E-state index < -0.39 is 29.7 Å². The minimum absolute atomic E-state index is 0. The van der Waals surface area contributed by atoms with Crippen LogP contribution < -0.4 is 15.3 Å². The van der Waals surface area contributed by atoms with E-state index in [9.17, 15) is 9.59 Å². The van der Waals surface area contributed by atoms with Crippen molar-refractivity contribution in [3.8, 4) is 0 Å². The van der Waals surface area contributed by atoms with Gasteiger partial charge in [0.15, 0.2) is 0 Å². The fourth-order valence-electron chi connectivity index (χ4n) is 0. The van der Waals surface area contributed by atoms with Gasteiger partial charge in [-0.2, -0.15) is 0 Å². The second-order valence-corrected chi connectivity index (χ2v) is 2.34. The average molecular weight is 317 g/mol. The Morgan fingerprint density at radius 1 is 0.684 bits per heavy atom. The first kappa shape index (κ1) is 30.3. The van der Waals surface area contributed by atoms with Crippen molar-refractivity contribution in [2.75, 3.05) is 0 Å². The fourth-order valence-corrected chi connectivity index (χ4v) is 0. The zero-order valence-corrected chi connectivity index (χ0v) is 11.9. The summed E-state index contributed by atoms with van der Waals surface area (Å²) in [7, 11) is 0. The molecule has 1 N–H and O–H groups in total. The van der Waals surface area contributed by atoms with Gasteiger partial charge in [-0.05, 0) is 20.8 Å². The van der Waals surface area contributed by atoms with Crippen LogP contribution >= 0.6 is 0 Å². The Balaban J connectivity index is -0.0000000459. The van der Waals surface area contributed by atoms with Crippen molar-refractivity contribution in [1.82, 2.24) is 0 Å². The van der Waals surface area contributed by atoms with E-state index in [0.29, 0.717) is 0 Å². The molecule has 0 saturated carbocycles. The fraction of sp³-hybridized carbons (Fsp3) is 0.444. The van der Waals surface area contributed by atoms with Crippen LogP contribution in [0.2, 0.25) is 0 Å². The van der Waals surface area contributed by atoms with E-state index in [4.69, 9.17) is 34.8 Å². The van der Waals surface area contributed by atoms with Crippen molar-refractivity contribution >= 4 is 29.7 Å². The van der Waals surface area contributed by atoms with Crippen molar-refractivity contribution in [2.45, 2.75) is 27.7 Å². The summed E-state index contributed by atoms with van der Waals surface area (Å²) in [6.45, 7) is 3.92. The van der Waals surface area contributed by atoms with Gasteiger partial charge in [-0.3, -0.25) is 4.79 Å². The van der Waals surface area contributed by atoms with Crippen LogP contribution in [0.5, 0.6) is 0 Å². The van der Waals surface area contributed by atoms with Gasteiger partial charge in [0.05, 0.1) is 0 Å². The Bertz CT molecular complexity index is 246. The predicted molar refractivity (Wildman–Crippen MR) is 50.4 cm³/mol. The number of hydrogen-bond donors (Lipinski definition) is 1. The zero-order valence-electron chi connectivity index (χ0n) is 10.6. The number of rotatable bonds is 1. The number of ketones is 1. The van der Waals surface area contributed by atoms with Crippen LogP contribution in [0.1, 0.15) is 27.7 Å². The summed E-state index contributed by atoms with van der Waals surface area (Å²) in [6, 6.07) is 0. The maximum Gasteiger partial charge on any atom is 3.00 e. The largest absolute Gasteiger partial charge is 3.00 e. The quantitative estimate of drug-likeness (QED) is 0.471. The summed E-state index contributed by atoms with van der Waals surface area (Å²) >= 11 is 0. The van der Waals surface area contributed by atoms with Gasteiger partial charge < -0.3 is 34.8 Å². The Hall–Kier alpha value is -1.92. The van der Waals surface area contributed by atoms with Gasteiger partial charge in [-0.1, -0.05) is 0 Å². The van der Waals surface area contributed by atoms with Crippen LogP contribution in [0.4, 0.5) is 0 Å². The first-order valence-electron chi connectivity index (χ1n) is 4.11. The Labute approximate surface area is 120 Å². The zero-order chi connectivity index (χ0) is 15.9. The molecule has 10 heteroatoms. The van der Waals surface area contributed by atoms with E-state index in [-0.39, 0.29) is 17.4 Å². The molecule has 0 saturated heterocycles. The van der Waals surface area contributed by atoms with E-state index in [1.54, 1.807) is 0 Å². The molecule has 0 aromatic rings. The van der Waals surface area contributed by atoms with Crippen molar-refractivity contribution in [3.05, 3.63) is 0 Å². The number of Topliss-reactive ketones (excluding diaryl/α,β-unsaturated/α-hetero) is 1. The van der Waals surface area contributed by atoms with Crippen LogP contribution in [-0.2, 0) is 41.3 Å². The molecule has 0 aliphatic rings. The van der Waals surface area contributed by atoms with Crippen molar-refractivity contribution in [1.29, 1.82) is 0 Å². The molecule has 0 fully saturated rings. The molecule has 0 atom stereocenters. The van der Waals surface area contributed by atoms with E-state index in [1.807, 2.05) is 0 Å². The average Bonchev–Trinajstić information content (AvgIpc) is 1.99. The van der Waals surface area contributed by atoms with E-state index >= 15 is 0 Å². The monoisotopic (exact) mass is 317 g/mol. The third-order valence-electron chi connectivity index (χ3n) is 0.301. The number of aliphatic carboxylic acids is 4. The second-order valence-electron chi connectivity index (χ2n) is 2.34. The van der Waals surface area contributed by atoms with Gasteiger partial charge in [0.25, 0.3) is 0 Å². The third kappa shape index (κ3) is 735. The molecule has 0 unspecified atom stereocenters. The van der Waals surface area contributed by atoms with Crippen LogP contribution in [-0.4, -0.2) is 34.8 Å². The smallest absolute Gasteiger partial charge is 0.550 e. The van der Waals surface area contributed by atoms with Crippen LogP contribution in [0.15, 0.2) is 0 Å². The molecular formula is C9H13CrO9. The predicted octanol–water partition coefficient (Wildman–Crippen LogP) is -4.07. The molecule has 0 rings (SSSR count). The van der Waals surface area contributed by atoms with Gasteiger partial charge >= 0.3 is 23.3 Å².